The van der Waals surface area contributed by atoms with E-state index < -0.39 is 0 Å². The third kappa shape index (κ3) is 10.5. The predicted molar refractivity (Wildman–Crippen MR) is 76.8 cm³/mol. The molecule has 0 spiro atoms. The minimum atomic E-state index is 0.954. The maximum Gasteiger partial charge on any atom is 0.0755 e. The summed E-state index contributed by atoms with van der Waals surface area (Å²) in [5.41, 5.74) is 0. The molecule has 0 aromatic rings. The molecular formula is C15H36N+. The average molecular weight is 230 g/mol. The molecule has 0 aliphatic carbocycles. The number of hydrogen-bond acceptors (Lipinski definition) is 0. The first-order chi connectivity index (χ1) is 7.49. The Kier molecular flexibility index (Phi) is 13.1. The van der Waals surface area contributed by atoms with Crippen LogP contribution in [0.2, 0.25) is 0 Å². The Bertz CT molecular complexity index is 119. The van der Waals surface area contributed by atoms with Gasteiger partial charge in [-0.15, -0.1) is 0 Å². The number of quaternary nitrogens is 1. The van der Waals surface area contributed by atoms with Crippen LogP contribution in [0.4, 0.5) is 0 Å². The fourth-order valence-electron chi connectivity index (χ4n) is 1.43. The lowest BCUT2D eigenvalue weighted by molar-refractivity contribution is -0.904. The average Bonchev–Trinajstić information content (AvgIpc) is 2.35. The van der Waals surface area contributed by atoms with Gasteiger partial charge in [0.1, 0.15) is 0 Å². The van der Waals surface area contributed by atoms with Gasteiger partial charge in [0.25, 0.3) is 0 Å². The van der Waals surface area contributed by atoms with Gasteiger partial charge in [-0.05, 0) is 26.7 Å². The van der Waals surface area contributed by atoms with Gasteiger partial charge < -0.3 is 4.48 Å². The van der Waals surface area contributed by atoms with Gasteiger partial charge in [-0.3, -0.25) is 0 Å². The molecule has 16 heavy (non-hydrogen) atoms. The van der Waals surface area contributed by atoms with Crippen molar-refractivity contribution in [3.8, 4) is 0 Å². The van der Waals surface area contributed by atoms with Gasteiger partial charge in [-0.25, -0.2) is 0 Å². The largest absolute Gasteiger partial charge is 0.327 e. The van der Waals surface area contributed by atoms with Crippen LogP contribution in [0.5, 0.6) is 0 Å². The van der Waals surface area contributed by atoms with Crippen LogP contribution >= 0.6 is 0 Å². The normalized spacial score (nSPS) is 12.9. The first-order valence-corrected chi connectivity index (χ1v) is 7.33. The summed E-state index contributed by atoms with van der Waals surface area (Å²) < 4.78 is 1.21. The Hall–Kier alpha value is -0.0400. The minimum Gasteiger partial charge on any atom is -0.327 e. The van der Waals surface area contributed by atoms with Gasteiger partial charge in [0.2, 0.25) is 0 Å². The Labute approximate surface area is 105 Å². The zero-order valence-corrected chi connectivity index (χ0v) is 13.0. The number of rotatable bonds is 7. The monoisotopic (exact) mass is 230 g/mol. The molecule has 0 aliphatic rings. The maximum atomic E-state index is 2.33. The third-order valence-electron chi connectivity index (χ3n) is 4.04. The van der Waals surface area contributed by atoms with Crippen LogP contribution < -0.4 is 0 Å². The van der Waals surface area contributed by atoms with Crippen molar-refractivity contribution in [1.82, 2.24) is 0 Å². The van der Waals surface area contributed by atoms with Crippen LogP contribution in [0.15, 0.2) is 0 Å². The molecule has 0 saturated heterocycles. The van der Waals surface area contributed by atoms with E-state index in [4.69, 9.17) is 0 Å². The topological polar surface area (TPSA) is 0 Å². The van der Waals surface area contributed by atoms with Crippen molar-refractivity contribution < 1.29 is 4.48 Å². The van der Waals surface area contributed by atoms with E-state index in [2.05, 4.69) is 48.6 Å². The lowest BCUT2D eigenvalue weighted by atomic mass is 10.0. The lowest BCUT2D eigenvalue weighted by Gasteiger charge is -2.30. The molecule has 0 fully saturated rings. The zero-order valence-electron chi connectivity index (χ0n) is 13.0. The first-order valence-electron chi connectivity index (χ1n) is 7.33. The second kappa shape index (κ2) is 11.4. The number of nitrogens with zero attached hydrogens (tertiary/aromatic N) is 1. The summed E-state index contributed by atoms with van der Waals surface area (Å²) in [6.45, 7) is 17.3. The minimum absolute atomic E-state index is 0.954. The van der Waals surface area contributed by atoms with Gasteiger partial charge in [-0.1, -0.05) is 46.5 Å². The Morgan fingerprint density at radius 2 is 1.31 bits per heavy atom. The van der Waals surface area contributed by atoms with Crippen molar-refractivity contribution in [2.75, 3.05) is 26.7 Å². The summed E-state index contributed by atoms with van der Waals surface area (Å²) in [4.78, 5) is 0. The van der Waals surface area contributed by atoms with Crippen LogP contribution in [-0.4, -0.2) is 31.2 Å². The van der Waals surface area contributed by atoms with E-state index in [0.29, 0.717) is 0 Å². The molecule has 0 N–H and O–H groups in total. The molecule has 1 heteroatoms. The van der Waals surface area contributed by atoms with Crippen LogP contribution in [0.3, 0.4) is 0 Å². The molecule has 1 atom stereocenters. The smallest absolute Gasteiger partial charge is 0.0755 e. The molecule has 1 unspecified atom stereocenters. The summed E-state index contributed by atoms with van der Waals surface area (Å²) in [6, 6.07) is 0. The molecule has 0 bridgehead atoms. The highest BCUT2D eigenvalue weighted by molar-refractivity contribution is 4.47. The van der Waals surface area contributed by atoms with E-state index in [1.165, 1.54) is 49.8 Å². The second-order valence-corrected chi connectivity index (χ2v) is 5.22. The fourth-order valence-corrected chi connectivity index (χ4v) is 1.43. The van der Waals surface area contributed by atoms with Crippen molar-refractivity contribution in [3.63, 3.8) is 0 Å². The van der Waals surface area contributed by atoms with Crippen molar-refractivity contribution in [2.45, 2.75) is 67.2 Å². The van der Waals surface area contributed by atoms with E-state index in [1.807, 2.05) is 0 Å². The number of hydrogen-bond donors (Lipinski definition) is 0. The maximum absolute atomic E-state index is 2.33. The summed E-state index contributed by atoms with van der Waals surface area (Å²) in [7, 11) is 2.29. The molecule has 0 rings (SSSR count). The summed E-state index contributed by atoms with van der Waals surface area (Å²) >= 11 is 0. The third-order valence-corrected chi connectivity index (χ3v) is 4.04. The van der Waals surface area contributed by atoms with Crippen LogP contribution in [0, 0.1) is 5.92 Å². The van der Waals surface area contributed by atoms with Gasteiger partial charge in [-0.2, -0.15) is 0 Å². The summed E-state index contributed by atoms with van der Waals surface area (Å²) in [6.07, 6.45) is 5.53. The molecular weight excluding hydrogens is 194 g/mol. The highest BCUT2D eigenvalue weighted by Gasteiger charge is 2.10. The van der Waals surface area contributed by atoms with E-state index in [9.17, 15) is 0 Å². The van der Waals surface area contributed by atoms with E-state index in [1.54, 1.807) is 0 Å². The van der Waals surface area contributed by atoms with Crippen molar-refractivity contribution >= 4 is 0 Å². The molecule has 0 saturated carbocycles. The highest BCUT2D eigenvalue weighted by atomic mass is 15.3. The Morgan fingerprint density at radius 3 is 1.50 bits per heavy atom. The first kappa shape index (κ1) is 18.3. The fraction of sp³-hybridized carbons (Fsp3) is 1.00. The van der Waals surface area contributed by atoms with Gasteiger partial charge >= 0.3 is 0 Å². The Balaban J connectivity index is 0. The molecule has 0 aromatic heterocycles. The van der Waals surface area contributed by atoms with Crippen LogP contribution in [0.25, 0.3) is 0 Å². The van der Waals surface area contributed by atoms with E-state index >= 15 is 0 Å². The Morgan fingerprint density at radius 1 is 0.875 bits per heavy atom. The van der Waals surface area contributed by atoms with Gasteiger partial charge in [0.05, 0.1) is 26.7 Å². The molecule has 0 radical (unpaired) electrons. The summed E-state index contributed by atoms with van der Waals surface area (Å²) in [5, 5.41) is 0. The van der Waals surface area contributed by atoms with Crippen molar-refractivity contribution in [3.05, 3.63) is 0 Å². The van der Waals surface area contributed by atoms with E-state index in [0.717, 1.165) is 5.92 Å². The molecule has 0 amide bonds. The van der Waals surface area contributed by atoms with Gasteiger partial charge in [0, 0.05) is 0 Å². The molecule has 0 heterocycles. The second-order valence-electron chi connectivity index (χ2n) is 5.22. The summed E-state index contributed by atoms with van der Waals surface area (Å²) in [5.74, 6) is 0.954. The van der Waals surface area contributed by atoms with E-state index in [-0.39, 0.29) is 0 Å². The number of unbranched alkanes of at least 4 members (excludes halogenated alkanes) is 1. The predicted octanol–water partition coefficient (Wildman–Crippen LogP) is 4.72. The molecule has 0 aromatic carbocycles. The van der Waals surface area contributed by atoms with Gasteiger partial charge in [0.15, 0.2) is 0 Å². The van der Waals surface area contributed by atoms with Crippen LogP contribution in [-0.2, 0) is 0 Å². The highest BCUT2D eigenvalue weighted by Crippen LogP contribution is 2.09. The lowest BCUT2D eigenvalue weighted by Crippen LogP contribution is -2.42. The molecule has 0 aliphatic heterocycles. The van der Waals surface area contributed by atoms with Crippen molar-refractivity contribution in [1.29, 1.82) is 0 Å². The quantitative estimate of drug-likeness (QED) is 0.555. The molecule has 100 valence electrons. The molecule has 1 nitrogen and oxygen atoms in total. The van der Waals surface area contributed by atoms with Crippen LogP contribution in [0.1, 0.15) is 67.2 Å². The standard InChI is InChI=1S/C8H18.C7H18N/c1-4-6-7-8(3)5-2;1-5-8(4,6-2)7-3/h8H,4-7H2,1-3H3;5-7H2,1-4H3/q;+1. The zero-order chi connectivity index (χ0) is 13.0. The SMILES string of the molecule is CCCCC(C)CC.CC[N+](C)(CC)CC. The van der Waals surface area contributed by atoms with Crippen molar-refractivity contribution in [2.24, 2.45) is 5.92 Å².